The Morgan fingerprint density at radius 2 is 1.55 bits per heavy atom. The van der Waals surface area contributed by atoms with Crippen LogP contribution in [0.1, 0.15) is 43.9 Å². The molecule has 2 aromatic carbocycles. The average Bonchev–Trinajstić information content (AvgIpc) is 2.91. The van der Waals surface area contributed by atoms with Gasteiger partial charge in [-0.3, -0.25) is 4.79 Å². The van der Waals surface area contributed by atoms with E-state index >= 15 is 0 Å². The molecule has 208 valence electrons. The minimum absolute atomic E-state index is 0.0222. The molecule has 1 fully saturated rings. The van der Waals surface area contributed by atoms with Crippen molar-refractivity contribution in [1.82, 2.24) is 10.2 Å². The highest BCUT2D eigenvalue weighted by molar-refractivity contribution is 6.27. The van der Waals surface area contributed by atoms with Crippen molar-refractivity contribution in [1.29, 1.82) is 0 Å². The van der Waals surface area contributed by atoms with Gasteiger partial charge in [-0.2, -0.15) is 0 Å². The molecule has 1 amide bonds. The van der Waals surface area contributed by atoms with Crippen LogP contribution in [0.3, 0.4) is 0 Å². The number of aliphatic carboxylic acids is 2. The topological polar surface area (TPSA) is 125 Å². The van der Waals surface area contributed by atoms with Gasteiger partial charge in [-0.05, 0) is 73.7 Å². The van der Waals surface area contributed by atoms with Gasteiger partial charge in [-0.1, -0.05) is 32.0 Å². The SMILES string of the molecule is COc1ccc(CCN2CCC(C(=O)N[C@@H](c3ccc(F)cc3)C(C)C)CC2)cc1OC.O=C(O)C(=O)O. The molecule has 1 heterocycles. The van der Waals surface area contributed by atoms with E-state index in [1.807, 2.05) is 12.1 Å². The van der Waals surface area contributed by atoms with Gasteiger partial charge in [-0.25, -0.2) is 14.0 Å². The molecule has 0 unspecified atom stereocenters. The number of rotatable bonds is 9. The molecule has 3 N–H and O–H groups in total. The molecule has 0 aromatic heterocycles. The zero-order valence-corrected chi connectivity index (χ0v) is 22.3. The van der Waals surface area contributed by atoms with Crippen molar-refractivity contribution in [2.24, 2.45) is 11.8 Å². The lowest BCUT2D eigenvalue weighted by Crippen LogP contribution is -2.42. The van der Waals surface area contributed by atoms with Crippen LogP contribution in [0.2, 0.25) is 0 Å². The number of halogens is 1. The van der Waals surface area contributed by atoms with E-state index < -0.39 is 11.9 Å². The number of carboxylic acids is 2. The second kappa shape index (κ2) is 14.9. The van der Waals surface area contributed by atoms with Crippen molar-refractivity contribution in [2.75, 3.05) is 33.9 Å². The Hall–Kier alpha value is -3.66. The average molecular weight is 533 g/mol. The Kier molecular flexibility index (Phi) is 12.0. The summed E-state index contributed by atoms with van der Waals surface area (Å²) in [5.41, 5.74) is 2.16. The second-order valence-corrected chi connectivity index (χ2v) is 9.45. The molecular weight excluding hydrogens is 495 g/mol. The maximum Gasteiger partial charge on any atom is 0.414 e. The molecule has 2 aromatic rings. The highest BCUT2D eigenvalue weighted by atomic mass is 19.1. The summed E-state index contributed by atoms with van der Waals surface area (Å²) in [7, 11) is 3.29. The third-order valence-electron chi connectivity index (χ3n) is 6.50. The van der Waals surface area contributed by atoms with E-state index in [4.69, 9.17) is 29.3 Å². The van der Waals surface area contributed by atoms with E-state index in [2.05, 4.69) is 30.1 Å². The van der Waals surface area contributed by atoms with Gasteiger partial charge < -0.3 is 29.9 Å². The molecule has 38 heavy (non-hydrogen) atoms. The van der Waals surface area contributed by atoms with Crippen molar-refractivity contribution >= 4 is 17.8 Å². The van der Waals surface area contributed by atoms with Crippen LogP contribution in [0.5, 0.6) is 11.5 Å². The second-order valence-electron chi connectivity index (χ2n) is 9.45. The summed E-state index contributed by atoms with van der Waals surface area (Å²) >= 11 is 0. The monoisotopic (exact) mass is 532 g/mol. The summed E-state index contributed by atoms with van der Waals surface area (Å²) in [6, 6.07) is 12.4. The van der Waals surface area contributed by atoms with E-state index in [-0.39, 0.29) is 29.6 Å². The molecular formula is C28H37FN2O7. The van der Waals surface area contributed by atoms with E-state index in [0.717, 1.165) is 56.0 Å². The van der Waals surface area contributed by atoms with Gasteiger partial charge in [0, 0.05) is 12.5 Å². The number of ether oxygens (including phenoxy) is 2. The third kappa shape index (κ3) is 9.33. The number of nitrogens with one attached hydrogen (secondary N) is 1. The number of hydrogen-bond acceptors (Lipinski definition) is 6. The number of carboxylic acid groups (broad SMARTS) is 2. The Labute approximate surface area is 222 Å². The fourth-order valence-corrected chi connectivity index (χ4v) is 4.32. The first-order valence-electron chi connectivity index (χ1n) is 12.5. The fourth-order valence-electron chi connectivity index (χ4n) is 4.32. The summed E-state index contributed by atoms with van der Waals surface area (Å²) < 4.78 is 24.0. The molecule has 0 saturated carbocycles. The summed E-state index contributed by atoms with van der Waals surface area (Å²) in [5.74, 6) is -2.06. The van der Waals surface area contributed by atoms with Crippen molar-refractivity contribution in [3.63, 3.8) is 0 Å². The number of likely N-dealkylation sites (tertiary alicyclic amines) is 1. The van der Waals surface area contributed by atoms with E-state index in [0.29, 0.717) is 0 Å². The molecule has 3 rings (SSSR count). The van der Waals surface area contributed by atoms with Gasteiger partial charge in [0.05, 0.1) is 20.3 Å². The van der Waals surface area contributed by atoms with Gasteiger partial charge in [0.25, 0.3) is 0 Å². The van der Waals surface area contributed by atoms with Gasteiger partial charge >= 0.3 is 11.9 Å². The molecule has 1 saturated heterocycles. The number of methoxy groups -OCH3 is 2. The quantitative estimate of drug-likeness (QED) is 0.417. The van der Waals surface area contributed by atoms with Crippen LogP contribution < -0.4 is 14.8 Å². The Balaban J connectivity index is 0.000000757. The number of carbonyl (C=O) groups is 3. The normalized spacial score (nSPS) is 14.7. The van der Waals surface area contributed by atoms with Gasteiger partial charge in [-0.15, -0.1) is 0 Å². The standard InChI is InChI=1S/C26H35FN2O3.C2H2O4/c1-18(2)25(20-6-8-22(27)9-7-20)28-26(30)21-12-15-29(16-13-21)14-11-19-5-10-23(31-3)24(17-19)32-4;3-1(4)2(5)6/h5-10,17-18,21,25H,11-16H2,1-4H3,(H,28,30);(H,3,4)(H,5,6)/t25-;/m1./s1. The summed E-state index contributed by atoms with van der Waals surface area (Å²) in [6.45, 7) is 6.92. The molecule has 10 heteroatoms. The molecule has 0 aliphatic carbocycles. The Bertz CT molecular complexity index is 1060. The lowest BCUT2D eigenvalue weighted by atomic mass is 9.92. The lowest BCUT2D eigenvalue weighted by Gasteiger charge is -2.33. The van der Waals surface area contributed by atoms with Crippen LogP contribution in [0, 0.1) is 17.7 Å². The largest absolute Gasteiger partial charge is 0.493 e. The predicted octanol–water partition coefficient (Wildman–Crippen LogP) is 3.77. The fraction of sp³-hybridized carbons (Fsp3) is 0.464. The zero-order chi connectivity index (χ0) is 28.2. The van der Waals surface area contributed by atoms with Gasteiger partial charge in [0.1, 0.15) is 5.82 Å². The van der Waals surface area contributed by atoms with E-state index in [1.165, 1.54) is 17.7 Å². The molecule has 1 aliphatic heterocycles. The van der Waals surface area contributed by atoms with Crippen molar-refractivity contribution in [2.45, 2.75) is 39.2 Å². The smallest absolute Gasteiger partial charge is 0.414 e. The number of benzene rings is 2. The molecule has 0 bridgehead atoms. The first-order chi connectivity index (χ1) is 18.0. The van der Waals surface area contributed by atoms with Crippen LogP contribution in [-0.4, -0.2) is 66.8 Å². The van der Waals surface area contributed by atoms with E-state index in [1.54, 1.807) is 26.4 Å². The lowest BCUT2D eigenvalue weighted by molar-refractivity contribution is -0.159. The predicted molar refractivity (Wildman–Crippen MR) is 140 cm³/mol. The highest BCUT2D eigenvalue weighted by Gasteiger charge is 2.27. The highest BCUT2D eigenvalue weighted by Crippen LogP contribution is 2.28. The molecule has 1 aliphatic rings. The van der Waals surface area contributed by atoms with Crippen LogP contribution in [-0.2, 0) is 20.8 Å². The van der Waals surface area contributed by atoms with Gasteiger partial charge in [0.2, 0.25) is 5.91 Å². The summed E-state index contributed by atoms with van der Waals surface area (Å²) in [4.78, 5) is 33.6. The van der Waals surface area contributed by atoms with Crippen LogP contribution in [0.15, 0.2) is 42.5 Å². The molecule has 0 spiro atoms. The van der Waals surface area contributed by atoms with Crippen LogP contribution in [0.25, 0.3) is 0 Å². The van der Waals surface area contributed by atoms with Gasteiger partial charge in [0.15, 0.2) is 11.5 Å². The minimum atomic E-state index is -1.82. The molecule has 9 nitrogen and oxygen atoms in total. The molecule has 1 atom stereocenters. The number of amides is 1. The Morgan fingerprint density at radius 1 is 0.974 bits per heavy atom. The Morgan fingerprint density at radius 3 is 2.05 bits per heavy atom. The third-order valence-corrected chi connectivity index (χ3v) is 6.50. The van der Waals surface area contributed by atoms with E-state index in [9.17, 15) is 9.18 Å². The summed E-state index contributed by atoms with van der Waals surface area (Å²) in [6.07, 6.45) is 2.63. The number of carbonyl (C=O) groups excluding carboxylic acids is 1. The summed E-state index contributed by atoms with van der Waals surface area (Å²) in [5, 5.41) is 18.0. The van der Waals surface area contributed by atoms with Crippen LogP contribution in [0.4, 0.5) is 4.39 Å². The van der Waals surface area contributed by atoms with Crippen molar-refractivity contribution in [3.05, 3.63) is 59.4 Å². The van der Waals surface area contributed by atoms with Crippen molar-refractivity contribution < 1.29 is 38.5 Å². The van der Waals surface area contributed by atoms with Crippen molar-refractivity contribution in [3.8, 4) is 11.5 Å². The first-order valence-corrected chi connectivity index (χ1v) is 12.5. The zero-order valence-electron chi connectivity index (χ0n) is 22.3. The number of hydrogen-bond donors (Lipinski definition) is 3. The van der Waals surface area contributed by atoms with Crippen LogP contribution >= 0.6 is 0 Å². The minimum Gasteiger partial charge on any atom is -0.493 e. The number of piperidine rings is 1. The first kappa shape index (κ1) is 30.6. The maximum absolute atomic E-state index is 13.3. The number of nitrogens with zero attached hydrogens (tertiary/aromatic N) is 1. The maximum atomic E-state index is 13.3. The molecule has 0 radical (unpaired) electrons.